The van der Waals surface area contributed by atoms with Gasteiger partial charge >= 0.3 is 0 Å². The van der Waals surface area contributed by atoms with Gasteiger partial charge in [-0.25, -0.2) is 0 Å². The maximum atomic E-state index is 13.0. The summed E-state index contributed by atoms with van der Waals surface area (Å²) in [7, 11) is 0. The normalized spacial score (nSPS) is 19.3. The lowest BCUT2D eigenvalue weighted by Gasteiger charge is -2.34. The maximum absolute atomic E-state index is 13.0. The topological polar surface area (TPSA) is 95.5 Å². The number of hydrogen-bond acceptors (Lipinski definition) is 6. The number of anilines is 1. The van der Waals surface area contributed by atoms with Crippen molar-refractivity contribution in [1.29, 1.82) is 0 Å². The van der Waals surface area contributed by atoms with E-state index in [0.717, 1.165) is 24.3 Å². The lowest BCUT2D eigenvalue weighted by Crippen LogP contribution is -2.46. The lowest BCUT2D eigenvalue weighted by atomic mass is 9.94. The molecule has 2 aliphatic heterocycles. The molecule has 1 unspecified atom stereocenters. The molecule has 188 valence electrons. The molecule has 1 atom stereocenters. The third kappa shape index (κ3) is 6.45. The first-order valence-corrected chi connectivity index (χ1v) is 13.3. The molecule has 8 nitrogen and oxygen atoms in total. The third-order valence-corrected chi connectivity index (χ3v) is 7.76. The van der Waals surface area contributed by atoms with E-state index in [1.165, 1.54) is 16.9 Å². The van der Waals surface area contributed by atoms with Gasteiger partial charge < -0.3 is 15.1 Å². The Morgan fingerprint density at radius 2 is 1.77 bits per heavy atom. The second-order valence-electron chi connectivity index (χ2n) is 10.5. The Morgan fingerprint density at radius 3 is 2.43 bits per heavy atom. The van der Waals surface area contributed by atoms with Crippen molar-refractivity contribution >= 4 is 34.2 Å². The Hall–Kier alpha value is -2.81. The first-order chi connectivity index (χ1) is 16.7. The summed E-state index contributed by atoms with van der Waals surface area (Å²) < 4.78 is 0. The minimum absolute atomic E-state index is 0.0354. The number of piperidine rings is 1. The molecule has 0 radical (unpaired) electrons. The van der Waals surface area contributed by atoms with Crippen molar-refractivity contribution in [2.24, 2.45) is 11.8 Å². The third-order valence-electron chi connectivity index (χ3n) is 6.86. The summed E-state index contributed by atoms with van der Waals surface area (Å²) in [5, 5.41) is 12.7. The number of carbonyl (C=O) groups excluding carboxylic acids is 3. The summed E-state index contributed by atoms with van der Waals surface area (Å²) in [6.07, 6.45) is 4.32. The average molecular weight is 498 g/mol. The van der Waals surface area contributed by atoms with Crippen LogP contribution in [-0.2, 0) is 27.2 Å². The molecule has 35 heavy (non-hydrogen) atoms. The van der Waals surface area contributed by atoms with Crippen molar-refractivity contribution in [2.45, 2.75) is 64.8 Å². The van der Waals surface area contributed by atoms with E-state index in [2.05, 4.69) is 27.6 Å². The summed E-state index contributed by atoms with van der Waals surface area (Å²) in [6, 6.07) is 10.4. The quantitative estimate of drug-likeness (QED) is 0.631. The van der Waals surface area contributed by atoms with E-state index in [-0.39, 0.29) is 41.5 Å². The molecule has 2 aromatic rings. The first-order valence-electron chi connectivity index (χ1n) is 12.5. The van der Waals surface area contributed by atoms with E-state index in [0.29, 0.717) is 37.6 Å². The average Bonchev–Trinajstić information content (AvgIpc) is 3.45. The Balaban J connectivity index is 1.20. The van der Waals surface area contributed by atoms with Gasteiger partial charge in [0.05, 0.1) is 5.92 Å². The predicted molar refractivity (Wildman–Crippen MR) is 136 cm³/mol. The number of hydrogen-bond donors (Lipinski definition) is 1. The predicted octanol–water partition coefficient (Wildman–Crippen LogP) is 3.54. The van der Waals surface area contributed by atoms with Gasteiger partial charge in [0.25, 0.3) is 0 Å². The van der Waals surface area contributed by atoms with Gasteiger partial charge in [-0.2, -0.15) is 0 Å². The van der Waals surface area contributed by atoms with Crippen molar-refractivity contribution in [3.8, 4) is 0 Å². The molecule has 1 aromatic carbocycles. The largest absolute Gasteiger partial charge is 0.342 e. The van der Waals surface area contributed by atoms with Gasteiger partial charge in [-0.3, -0.25) is 14.4 Å². The van der Waals surface area contributed by atoms with Crippen LogP contribution in [0.4, 0.5) is 5.13 Å². The van der Waals surface area contributed by atoms with Crippen LogP contribution < -0.4 is 5.32 Å². The van der Waals surface area contributed by atoms with Crippen LogP contribution in [0.3, 0.4) is 0 Å². The maximum Gasteiger partial charge on any atom is 0.229 e. The van der Waals surface area contributed by atoms with Gasteiger partial charge in [0.2, 0.25) is 22.9 Å². The van der Waals surface area contributed by atoms with Crippen molar-refractivity contribution in [3.63, 3.8) is 0 Å². The van der Waals surface area contributed by atoms with Gasteiger partial charge in [0.1, 0.15) is 5.01 Å². The van der Waals surface area contributed by atoms with Gasteiger partial charge in [0.15, 0.2) is 0 Å². The molecule has 2 fully saturated rings. The Labute approximate surface area is 211 Å². The molecular weight excluding hydrogens is 462 g/mol. The van der Waals surface area contributed by atoms with Crippen LogP contribution in [0.5, 0.6) is 0 Å². The van der Waals surface area contributed by atoms with Crippen molar-refractivity contribution in [1.82, 2.24) is 20.0 Å². The molecule has 0 saturated carbocycles. The number of nitrogens with one attached hydrogen (secondary N) is 1. The summed E-state index contributed by atoms with van der Waals surface area (Å²) in [4.78, 5) is 41.7. The molecule has 0 bridgehead atoms. The second-order valence-corrected chi connectivity index (χ2v) is 11.6. The number of aromatic nitrogens is 2. The number of carbonyl (C=O) groups is 3. The molecule has 9 heteroatoms. The Kier molecular flexibility index (Phi) is 7.84. The van der Waals surface area contributed by atoms with Crippen LogP contribution in [0.15, 0.2) is 30.3 Å². The highest BCUT2D eigenvalue weighted by molar-refractivity contribution is 7.15. The zero-order valence-corrected chi connectivity index (χ0v) is 21.6. The minimum atomic E-state index is -0.284. The molecule has 3 amide bonds. The highest BCUT2D eigenvalue weighted by atomic mass is 32.1. The molecule has 3 heterocycles. The van der Waals surface area contributed by atoms with Crippen molar-refractivity contribution in [2.75, 3.05) is 25.0 Å². The highest BCUT2D eigenvalue weighted by Crippen LogP contribution is 2.29. The molecule has 0 spiro atoms. The summed E-state index contributed by atoms with van der Waals surface area (Å²) in [6.45, 7) is 7.54. The fourth-order valence-corrected chi connectivity index (χ4v) is 5.63. The minimum Gasteiger partial charge on any atom is -0.342 e. The van der Waals surface area contributed by atoms with E-state index < -0.39 is 0 Å². The molecule has 0 aliphatic carbocycles. The van der Waals surface area contributed by atoms with Crippen molar-refractivity contribution in [3.05, 3.63) is 40.9 Å². The Morgan fingerprint density at radius 1 is 1.06 bits per heavy atom. The molecule has 1 aromatic heterocycles. The van der Waals surface area contributed by atoms with Crippen LogP contribution in [0, 0.1) is 11.8 Å². The van der Waals surface area contributed by atoms with Crippen LogP contribution in [-0.4, -0.2) is 62.9 Å². The van der Waals surface area contributed by atoms with E-state index in [4.69, 9.17) is 0 Å². The smallest absolute Gasteiger partial charge is 0.229 e. The molecular formula is C26H35N5O3S. The fourth-order valence-electron chi connectivity index (χ4n) is 4.84. The fraction of sp³-hybridized carbons (Fsp3) is 0.577. The Bertz CT molecular complexity index is 1040. The first kappa shape index (κ1) is 25.3. The number of amides is 3. The summed E-state index contributed by atoms with van der Waals surface area (Å²) in [5.74, 6) is -0.413. The monoisotopic (exact) mass is 497 g/mol. The van der Waals surface area contributed by atoms with Gasteiger partial charge in [-0.05, 0) is 52.0 Å². The van der Waals surface area contributed by atoms with Crippen molar-refractivity contribution < 1.29 is 14.4 Å². The number of rotatable bonds is 7. The lowest BCUT2D eigenvalue weighted by molar-refractivity contribution is -0.138. The highest BCUT2D eigenvalue weighted by Gasteiger charge is 2.41. The zero-order valence-electron chi connectivity index (χ0n) is 20.8. The number of likely N-dealkylation sites (tertiary alicyclic amines) is 2. The van der Waals surface area contributed by atoms with Crippen LogP contribution in [0.2, 0.25) is 0 Å². The summed E-state index contributed by atoms with van der Waals surface area (Å²) in [5.41, 5.74) is 1.03. The number of benzene rings is 1. The zero-order chi connectivity index (χ0) is 25.0. The molecule has 1 N–H and O–H groups in total. The van der Waals surface area contributed by atoms with Gasteiger partial charge in [-0.15, -0.1) is 10.2 Å². The van der Waals surface area contributed by atoms with E-state index >= 15 is 0 Å². The molecule has 2 aliphatic rings. The standard InChI is InChI=1S/C26H35N5O3S/c1-26(2,3)31-17-20(16-22(31)32)24(34)30-14-12-19(13-15-30)23(33)27-25-29-28-21(35-25)11-7-10-18-8-5-4-6-9-18/h4-6,8-9,19-20H,7,10-17H2,1-3H3,(H,27,29,33). The molecule has 2 saturated heterocycles. The van der Waals surface area contributed by atoms with Gasteiger partial charge in [-0.1, -0.05) is 41.7 Å². The number of aryl methyl sites for hydroxylation is 2. The van der Waals surface area contributed by atoms with E-state index in [1.807, 2.05) is 43.9 Å². The van der Waals surface area contributed by atoms with E-state index in [1.54, 1.807) is 4.90 Å². The van der Waals surface area contributed by atoms with Crippen LogP contribution in [0.25, 0.3) is 0 Å². The number of nitrogens with zero attached hydrogens (tertiary/aromatic N) is 4. The van der Waals surface area contributed by atoms with Gasteiger partial charge in [0, 0.05) is 43.9 Å². The summed E-state index contributed by atoms with van der Waals surface area (Å²) >= 11 is 1.43. The van der Waals surface area contributed by atoms with Crippen LogP contribution >= 0.6 is 11.3 Å². The van der Waals surface area contributed by atoms with E-state index in [9.17, 15) is 14.4 Å². The second kappa shape index (κ2) is 10.8. The molecule has 4 rings (SSSR count). The SMILES string of the molecule is CC(C)(C)N1CC(C(=O)N2CCC(C(=O)Nc3nnc(CCCc4ccccc4)s3)CC2)CC1=O. The van der Waals surface area contributed by atoms with Crippen LogP contribution in [0.1, 0.15) is 57.0 Å².